The van der Waals surface area contributed by atoms with Crippen molar-refractivity contribution in [3.63, 3.8) is 0 Å². The Kier molecular flexibility index (Phi) is 2.78. The summed E-state index contributed by atoms with van der Waals surface area (Å²) in [5, 5.41) is 22.1. The molecular formula is C15H15NO2. The van der Waals surface area contributed by atoms with Gasteiger partial charge in [0.2, 0.25) is 0 Å². The summed E-state index contributed by atoms with van der Waals surface area (Å²) >= 11 is 0. The Hall–Kier alpha value is -1.84. The minimum Gasteiger partial charge on any atom is -0.392 e. The fourth-order valence-corrected chi connectivity index (χ4v) is 2.54. The SMILES string of the molecule is OCc1cc(CO)c2c(c1)-c1ccccc1NC2. The molecular weight excluding hydrogens is 226 g/mol. The first-order chi connectivity index (χ1) is 8.83. The Morgan fingerprint density at radius 1 is 1.00 bits per heavy atom. The zero-order valence-electron chi connectivity index (χ0n) is 9.98. The average Bonchev–Trinajstić information content (AvgIpc) is 2.45. The second kappa shape index (κ2) is 4.44. The van der Waals surface area contributed by atoms with E-state index >= 15 is 0 Å². The van der Waals surface area contributed by atoms with Gasteiger partial charge in [-0.15, -0.1) is 0 Å². The number of anilines is 1. The summed E-state index contributed by atoms with van der Waals surface area (Å²) in [6.07, 6.45) is 0. The van der Waals surface area contributed by atoms with Crippen LogP contribution in [0, 0.1) is 0 Å². The lowest BCUT2D eigenvalue weighted by molar-refractivity contribution is 0.274. The van der Waals surface area contributed by atoms with Crippen molar-refractivity contribution >= 4 is 5.69 Å². The average molecular weight is 241 g/mol. The zero-order chi connectivity index (χ0) is 12.5. The molecule has 2 aromatic rings. The molecule has 0 amide bonds. The highest BCUT2D eigenvalue weighted by molar-refractivity contribution is 5.83. The Morgan fingerprint density at radius 2 is 1.83 bits per heavy atom. The molecule has 3 nitrogen and oxygen atoms in total. The number of aliphatic hydroxyl groups is 2. The van der Waals surface area contributed by atoms with Gasteiger partial charge in [0.1, 0.15) is 0 Å². The highest BCUT2D eigenvalue weighted by atomic mass is 16.3. The monoisotopic (exact) mass is 241 g/mol. The minimum absolute atomic E-state index is 0.0000201. The van der Waals surface area contributed by atoms with Crippen LogP contribution in [0.5, 0.6) is 0 Å². The van der Waals surface area contributed by atoms with E-state index in [1.54, 1.807) is 0 Å². The lowest BCUT2D eigenvalue weighted by atomic mass is 9.89. The fraction of sp³-hybridized carbons (Fsp3) is 0.200. The largest absolute Gasteiger partial charge is 0.392 e. The quantitative estimate of drug-likeness (QED) is 0.756. The highest BCUT2D eigenvalue weighted by Crippen LogP contribution is 2.37. The van der Waals surface area contributed by atoms with Gasteiger partial charge in [0.15, 0.2) is 0 Å². The Bertz CT molecular complexity index is 593. The van der Waals surface area contributed by atoms with Crippen molar-refractivity contribution in [1.29, 1.82) is 0 Å². The summed E-state index contributed by atoms with van der Waals surface area (Å²) in [5.74, 6) is 0. The molecule has 0 fully saturated rings. The highest BCUT2D eigenvalue weighted by Gasteiger charge is 2.18. The summed E-state index contributed by atoms with van der Waals surface area (Å²) in [6, 6.07) is 12.0. The van der Waals surface area contributed by atoms with Gasteiger partial charge in [-0.2, -0.15) is 0 Å². The van der Waals surface area contributed by atoms with Gasteiger partial charge in [0.25, 0.3) is 0 Å². The maximum atomic E-state index is 9.45. The molecule has 92 valence electrons. The maximum absolute atomic E-state index is 9.45. The van der Waals surface area contributed by atoms with Crippen LogP contribution in [0.4, 0.5) is 5.69 Å². The van der Waals surface area contributed by atoms with Gasteiger partial charge >= 0.3 is 0 Å². The zero-order valence-corrected chi connectivity index (χ0v) is 9.98. The number of nitrogens with one attached hydrogen (secondary N) is 1. The molecule has 1 heterocycles. The molecule has 0 radical (unpaired) electrons. The molecule has 1 aliphatic rings. The first kappa shape index (κ1) is 11.3. The molecule has 0 spiro atoms. The van der Waals surface area contributed by atoms with Crippen LogP contribution in [0.15, 0.2) is 36.4 Å². The van der Waals surface area contributed by atoms with Gasteiger partial charge in [-0.05, 0) is 34.4 Å². The minimum atomic E-state index is -0.00409. The summed E-state index contributed by atoms with van der Waals surface area (Å²) < 4.78 is 0. The summed E-state index contributed by atoms with van der Waals surface area (Å²) in [6.45, 7) is 0.712. The van der Waals surface area contributed by atoms with Crippen molar-refractivity contribution in [2.75, 3.05) is 5.32 Å². The van der Waals surface area contributed by atoms with Gasteiger partial charge < -0.3 is 15.5 Å². The molecule has 2 aromatic carbocycles. The van der Waals surface area contributed by atoms with E-state index in [9.17, 15) is 10.2 Å². The molecule has 1 aliphatic heterocycles. The van der Waals surface area contributed by atoms with E-state index in [4.69, 9.17) is 0 Å². The van der Waals surface area contributed by atoms with Crippen LogP contribution < -0.4 is 5.32 Å². The predicted molar refractivity (Wildman–Crippen MR) is 71.1 cm³/mol. The number of hydrogen-bond donors (Lipinski definition) is 3. The number of benzene rings is 2. The van der Waals surface area contributed by atoms with Crippen molar-refractivity contribution in [1.82, 2.24) is 0 Å². The van der Waals surface area contributed by atoms with Crippen molar-refractivity contribution in [2.24, 2.45) is 0 Å². The summed E-state index contributed by atoms with van der Waals surface area (Å²) in [7, 11) is 0. The molecule has 3 heteroatoms. The van der Waals surface area contributed by atoms with Gasteiger partial charge in [0, 0.05) is 17.8 Å². The molecule has 0 bridgehead atoms. The van der Waals surface area contributed by atoms with E-state index in [1.165, 1.54) is 0 Å². The van der Waals surface area contributed by atoms with Crippen LogP contribution in [0.25, 0.3) is 11.1 Å². The van der Waals surface area contributed by atoms with Crippen LogP contribution in [-0.4, -0.2) is 10.2 Å². The molecule has 18 heavy (non-hydrogen) atoms. The van der Waals surface area contributed by atoms with Crippen molar-refractivity contribution < 1.29 is 10.2 Å². The smallest absolute Gasteiger partial charge is 0.0685 e. The normalized spacial score (nSPS) is 12.6. The second-order valence-corrected chi connectivity index (χ2v) is 4.50. The molecule has 3 rings (SSSR count). The number of hydrogen-bond acceptors (Lipinski definition) is 3. The van der Waals surface area contributed by atoms with Gasteiger partial charge in [-0.1, -0.05) is 24.3 Å². The third kappa shape index (κ3) is 1.68. The van der Waals surface area contributed by atoms with Crippen LogP contribution in [0.3, 0.4) is 0 Å². The number of para-hydroxylation sites is 1. The summed E-state index contributed by atoms with van der Waals surface area (Å²) in [5.41, 5.74) is 6.19. The van der Waals surface area contributed by atoms with Crippen LogP contribution in [0.1, 0.15) is 16.7 Å². The first-order valence-electron chi connectivity index (χ1n) is 6.03. The number of aliphatic hydroxyl groups excluding tert-OH is 2. The molecule has 0 atom stereocenters. The van der Waals surface area contributed by atoms with Crippen LogP contribution >= 0.6 is 0 Å². The fourth-order valence-electron chi connectivity index (χ4n) is 2.54. The predicted octanol–water partition coefficient (Wildman–Crippen LogP) is 2.26. The van der Waals surface area contributed by atoms with Crippen molar-refractivity contribution in [3.05, 3.63) is 53.1 Å². The Morgan fingerprint density at radius 3 is 2.61 bits per heavy atom. The summed E-state index contributed by atoms with van der Waals surface area (Å²) in [4.78, 5) is 0. The Labute approximate surface area is 106 Å². The number of fused-ring (bicyclic) bond motifs is 3. The van der Waals surface area contributed by atoms with E-state index < -0.39 is 0 Å². The molecule has 0 aromatic heterocycles. The van der Waals surface area contributed by atoms with E-state index in [1.807, 2.05) is 30.3 Å². The van der Waals surface area contributed by atoms with Gasteiger partial charge in [-0.3, -0.25) is 0 Å². The second-order valence-electron chi connectivity index (χ2n) is 4.50. The van der Waals surface area contributed by atoms with Crippen LogP contribution in [-0.2, 0) is 19.8 Å². The van der Waals surface area contributed by atoms with E-state index in [0.717, 1.165) is 33.5 Å². The Balaban J connectivity index is 2.26. The van der Waals surface area contributed by atoms with Crippen molar-refractivity contribution in [3.8, 4) is 11.1 Å². The maximum Gasteiger partial charge on any atom is 0.0685 e. The van der Waals surface area contributed by atoms with E-state index in [0.29, 0.717) is 6.54 Å². The number of rotatable bonds is 2. The van der Waals surface area contributed by atoms with Crippen molar-refractivity contribution in [2.45, 2.75) is 19.8 Å². The molecule has 0 saturated carbocycles. The molecule has 3 N–H and O–H groups in total. The van der Waals surface area contributed by atoms with E-state index in [-0.39, 0.29) is 13.2 Å². The standard InChI is InChI=1S/C15H15NO2/c17-8-10-5-11(9-18)14-7-16-15-4-2-1-3-12(15)13(14)6-10/h1-6,16-18H,7-9H2. The third-order valence-electron chi connectivity index (χ3n) is 3.43. The first-order valence-corrected chi connectivity index (χ1v) is 6.03. The van der Waals surface area contributed by atoms with Gasteiger partial charge in [-0.25, -0.2) is 0 Å². The molecule has 0 unspecified atom stereocenters. The van der Waals surface area contributed by atoms with Gasteiger partial charge in [0.05, 0.1) is 13.2 Å². The topological polar surface area (TPSA) is 52.5 Å². The van der Waals surface area contributed by atoms with E-state index in [2.05, 4.69) is 11.4 Å². The molecule has 0 saturated heterocycles. The third-order valence-corrected chi connectivity index (χ3v) is 3.43. The lowest BCUT2D eigenvalue weighted by Crippen LogP contribution is -2.12. The lowest BCUT2D eigenvalue weighted by Gasteiger charge is -2.24. The van der Waals surface area contributed by atoms with Crippen LogP contribution in [0.2, 0.25) is 0 Å². The molecule has 0 aliphatic carbocycles.